The van der Waals surface area contributed by atoms with Crippen LogP contribution < -0.4 is 10.6 Å². The number of amides is 1. The second kappa shape index (κ2) is 8.22. The van der Waals surface area contributed by atoms with Crippen molar-refractivity contribution in [2.45, 2.75) is 39.8 Å². The Labute approximate surface area is 124 Å². The Morgan fingerprint density at radius 1 is 1.35 bits per heavy atom. The zero-order valence-corrected chi connectivity index (χ0v) is 12.9. The highest BCUT2D eigenvalue weighted by Gasteiger charge is 2.09. The molecule has 0 aliphatic rings. The van der Waals surface area contributed by atoms with Crippen LogP contribution in [0, 0.1) is 11.7 Å². The van der Waals surface area contributed by atoms with E-state index in [9.17, 15) is 9.18 Å². The molecule has 1 rings (SSSR count). The Kier molecular flexibility index (Phi) is 6.96. The van der Waals surface area contributed by atoms with E-state index >= 15 is 0 Å². The molecule has 0 spiro atoms. The quantitative estimate of drug-likeness (QED) is 0.812. The third-order valence-electron chi connectivity index (χ3n) is 2.94. The minimum atomic E-state index is -0.476. The van der Waals surface area contributed by atoms with Crippen LogP contribution in [0.5, 0.6) is 0 Å². The molecule has 0 heterocycles. The SMILES string of the molecule is CC(C)CC(C)NCC(=O)NCc1cccc(Cl)c1F. The zero-order chi connectivity index (χ0) is 15.1. The Hall–Kier alpha value is -1.13. The number of carbonyl (C=O) groups excluding carboxylic acids is 1. The fourth-order valence-electron chi connectivity index (χ4n) is 2.00. The van der Waals surface area contributed by atoms with Crippen molar-refractivity contribution < 1.29 is 9.18 Å². The maximum atomic E-state index is 13.6. The van der Waals surface area contributed by atoms with E-state index in [2.05, 4.69) is 24.5 Å². The average molecular weight is 301 g/mol. The van der Waals surface area contributed by atoms with E-state index in [-0.39, 0.29) is 30.1 Å². The maximum absolute atomic E-state index is 13.6. The molecule has 2 N–H and O–H groups in total. The molecule has 112 valence electrons. The Morgan fingerprint density at radius 3 is 2.70 bits per heavy atom. The lowest BCUT2D eigenvalue weighted by Crippen LogP contribution is -2.38. The molecule has 0 radical (unpaired) electrons. The van der Waals surface area contributed by atoms with E-state index in [0.29, 0.717) is 11.5 Å². The molecule has 0 saturated carbocycles. The van der Waals surface area contributed by atoms with Crippen molar-refractivity contribution in [2.75, 3.05) is 6.54 Å². The van der Waals surface area contributed by atoms with Crippen LogP contribution in [0.2, 0.25) is 5.02 Å². The molecule has 1 amide bonds. The first kappa shape index (κ1) is 16.9. The van der Waals surface area contributed by atoms with E-state index < -0.39 is 5.82 Å². The highest BCUT2D eigenvalue weighted by atomic mass is 35.5. The fourth-order valence-corrected chi connectivity index (χ4v) is 2.19. The van der Waals surface area contributed by atoms with Gasteiger partial charge in [0, 0.05) is 18.2 Å². The van der Waals surface area contributed by atoms with E-state index in [1.807, 2.05) is 6.92 Å². The van der Waals surface area contributed by atoms with Gasteiger partial charge < -0.3 is 10.6 Å². The molecule has 1 unspecified atom stereocenters. The van der Waals surface area contributed by atoms with Crippen LogP contribution in [0.15, 0.2) is 18.2 Å². The molecule has 0 bridgehead atoms. The highest BCUT2D eigenvalue weighted by Crippen LogP contribution is 2.17. The molecule has 20 heavy (non-hydrogen) atoms. The molecule has 0 aliphatic heterocycles. The molecule has 1 aromatic rings. The minimum absolute atomic E-state index is 0.0698. The van der Waals surface area contributed by atoms with Gasteiger partial charge in [0.15, 0.2) is 0 Å². The third-order valence-corrected chi connectivity index (χ3v) is 3.24. The van der Waals surface area contributed by atoms with Gasteiger partial charge in [-0.2, -0.15) is 0 Å². The van der Waals surface area contributed by atoms with Gasteiger partial charge in [-0.25, -0.2) is 4.39 Å². The first-order valence-corrected chi connectivity index (χ1v) is 7.21. The topological polar surface area (TPSA) is 41.1 Å². The van der Waals surface area contributed by atoms with Crippen molar-refractivity contribution in [3.63, 3.8) is 0 Å². The summed E-state index contributed by atoms with van der Waals surface area (Å²) in [5.41, 5.74) is 0.390. The third kappa shape index (κ3) is 5.88. The number of rotatable bonds is 7. The number of hydrogen-bond acceptors (Lipinski definition) is 2. The van der Waals surface area contributed by atoms with Gasteiger partial charge in [0.25, 0.3) is 0 Å². The van der Waals surface area contributed by atoms with Crippen LogP contribution in [0.4, 0.5) is 4.39 Å². The van der Waals surface area contributed by atoms with Crippen molar-refractivity contribution in [3.8, 4) is 0 Å². The lowest BCUT2D eigenvalue weighted by molar-refractivity contribution is -0.120. The number of hydrogen-bond donors (Lipinski definition) is 2. The summed E-state index contributed by atoms with van der Waals surface area (Å²) < 4.78 is 13.6. The van der Waals surface area contributed by atoms with Crippen LogP contribution in [0.1, 0.15) is 32.8 Å². The van der Waals surface area contributed by atoms with Gasteiger partial charge in [-0.1, -0.05) is 37.6 Å². The molecule has 3 nitrogen and oxygen atoms in total. The predicted octanol–water partition coefficient (Wildman–Crippen LogP) is 3.12. The van der Waals surface area contributed by atoms with Crippen LogP contribution >= 0.6 is 11.6 Å². The number of nitrogens with one attached hydrogen (secondary N) is 2. The molecule has 1 aromatic carbocycles. The number of halogens is 2. The van der Waals surface area contributed by atoms with Crippen LogP contribution in [-0.2, 0) is 11.3 Å². The maximum Gasteiger partial charge on any atom is 0.234 e. The van der Waals surface area contributed by atoms with Crippen molar-refractivity contribution in [1.82, 2.24) is 10.6 Å². The Morgan fingerprint density at radius 2 is 2.05 bits per heavy atom. The molecule has 0 aromatic heterocycles. The van der Waals surface area contributed by atoms with E-state index in [1.165, 1.54) is 6.07 Å². The number of carbonyl (C=O) groups is 1. The zero-order valence-electron chi connectivity index (χ0n) is 12.2. The first-order valence-electron chi connectivity index (χ1n) is 6.83. The fraction of sp³-hybridized carbons (Fsp3) is 0.533. The largest absolute Gasteiger partial charge is 0.351 e. The van der Waals surface area contributed by atoms with Crippen LogP contribution in [0.25, 0.3) is 0 Å². The molecule has 1 atom stereocenters. The average Bonchev–Trinajstić information content (AvgIpc) is 2.37. The molecular formula is C15H22ClFN2O. The van der Waals surface area contributed by atoms with Crippen LogP contribution in [-0.4, -0.2) is 18.5 Å². The molecule has 0 aliphatic carbocycles. The van der Waals surface area contributed by atoms with Crippen molar-refractivity contribution >= 4 is 17.5 Å². The summed E-state index contributed by atoms with van der Waals surface area (Å²) in [4.78, 5) is 11.7. The summed E-state index contributed by atoms with van der Waals surface area (Å²) >= 11 is 5.68. The van der Waals surface area contributed by atoms with Crippen molar-refractivity contribution in [1.29, 1.82) is 0 Å². The van der Waals surface area contributed by atoms with Gasteiger partial charge in [-0.15, -0.1) is 0 Å². The summed E-state index contributed by atoms with van der Waals surface area (Å²) in [5.74, 6) is -0.0447. The smallest absolute Gasteiger partial charge is 0.234 e. The molecule has 0 saturated heterocycles. The summed E-state index contributed by atoms with van der Waals surface area (Å²) in [5, 5.41) is 5.89. The molecule has 0 fully saturated rings. The summed E-state index contributed by atoms with van der Waals surface area (Å²) in [6, 6.07) is 5.03. The molecule has 5 heteroatoms. The first-order chi connectivity index (χ1) is 9.40. The van der Waals surface area contributed by atoms with Gasteiger partial charge in [-0.05, 0) is 25.3 Å². The predicted molar refractivity (Wildman–Crippen MR) is 80.2 cm³/mol. The van der Waals surface area contributed by atoms with Gasteiger partial charge in [0.1, 0.15) is 5.82 Å². The van der Waals surface area contributed by atoms with Crippen molar-refractivity contribution in [3.05, 3.63) is 34.6 Å². The monoisotopic (exact) mass is 300 g/mol. The Bertz CT molecular complexity index is 451. The lowest BCUT2D eigenvalue weighted by atomic mass is 10.1. The van der Waals surface area contributed by atoms with Gasteiger partial charge in [0.2, 0.25) is 5.91 Å². The summed E-state index contributed by atoms with van der Waals surface area (Å²) in [6.45, 7) is 6.70. The lowest BCUT2D eigenvalue weighted by Gasteiger charge is -2.15. The highest BCUT2D eigenvalue weighted by molar-refractivity contribution is 6.30. The van der Waals surface area contributed by atoms with Crippen molar-refractivity contribution in [2.24, 2.45) is 5.92 Å². The summed E-state index contributed by atoms with van der Waals surface area (Å²) in [7, 11) is 0. The normalized spacial score (nSPS) is 12.5. The Balaban J connectivity index is 2.35. The van der Waals surface area contributed by atoms with E-state index in [0.717, 1.165) is 6.42 Å². The molecular weight excluding hydrogens is 279 g/mol. The standard InChI is InChI=1S/C15H22ClFN2O/c1-10(2)7-11(3)18-9-14(20)19-8-12-5-4-6-13(16)15(12)17/h4-6,10-11,18H,7-9H2,1-3H3,(H,19,20). The minimum Gasteiger partial charge on any atom is -0.351 e. The second-order valence-electron chi connectivity index (χ2n) is 5.40. The number of benzene rings is 1. The van der Waals surface area contributed by atoms with E-state index in [1.54, 1.807) is 12.1 Å². The van der Waals surface area contributed by atoms with Crippen LogP contribution in [0.3, 0.4) is 0 Å². The van der Waals surface area contributed by atoms with Gasteiger partial charge in [0.05, 0.1) is 11.6 Å². The van der Waals surface area contributed by atoms with E-state index in [4.69, 9.17) is 11.6 Å². The second-order valence-corrected chi connectivity index (χ2v) is 5.81. The van der Waals surface area contributed by atoms with Gasteiger partial charge in [-0.3, -0.25) is 4.79 Å². The summed E-state index contributed by atoms with van der Waals surface area (Å²) in [6.07, 6.45) is 1.01. The van der Waals surface area contributed by atoms with Gasteiger partial charge >= 0.3 is 0 Å².